The third kappa shape index (κ3) is 6.61. The zero-order valence-corrected chi connectivity index (χ0v) is 13.9. The first-order chi connectivity index (χ1) is 10.7. The van der Waals surface area contributed by atoms with Gasteiger partial charge in [0.2, 0.25) is 0 Å². The summed E-state index contributed by atoms with van der Waals surface area (Å²) in [4.78, 5) is 16.5. The molecule has 0 radical (unpaired) electrons. The number of benzene rings is 1. The fourth-order valence-electron chi connectivity index (χ4n) is 1.91. The molecule has 0 aliphatic rings. The molecule has 22 heavy (non-hydrogen) atoms. The highest BCUT2D eigenvalue weighted by Gasteiger charge is 2.05. The minimum absolute atomic E-state index is 0.0244. The van der Waals surface area contributed by atoms with Crippen LogP contribution in [0.25, 0.3) is 0 Å². The number of aliphatic imine (C=N–C) groups is 1. The lowest BCUT2D eigenvalue weighted by Crippen LogP contribution is -2.37. The number of rotatable bonds is 8. The number of amides is 1. The zero-order chi connectivity index (χ0) is 16.2. The molecule has 0 spiro atoms. The average molecular weight is 304 g/mol. The number of carbonyl (C=O) groups is 1. The molecular weight excluding hydrogens is 276 g/mol. The van der Waals surface area contributed by atoms with Crippen LogP contribution in [0, 0.1) is 0 Å². The molecule has 0 heterocycles. The van der Waals surface area contributed by atoms with Crippen LogP contribution in [-0.4, -0.2) is 31.5 Å². The van der Waals surface area contributed by atoms with E-state index in [2.05, 4.69) is 27.9 Å². The zero-order valence-electron chi connectivity index (χ0n) is 13.9. The van der Waals surface area contributed by atoms with E-state index in [9.17, 15) is 4.79 Å². The summed E-state index contributed by atoms with van der Waals surface area (Å²) < 4.78 is 0. The first-order valence-electron chi connectivity index (χ1n) is 8.10. The summed E-state index contributed by atoms with van der Waals surface area (Å²) in [6.07, 6.45) is 1.99. The molecule has 122 valence electrons. The third-order valence-electron chi connectivity index (χ3n) is 3.03. The second-order valence-electron chi connectivity index (χ2n) is 5.08. The third-order valence-corrected chi connectivity index (χ3v) is 3.03. The predicted molar refractivity (Wildman–Crippen MR) is 92.2 cm³/mol. The van der Waals surface area contributed by atoms with E-state index in [1.165, 1.54) is 0 Å². The van der Waals surface area contributed by atoms with Gasteiger partial charge in [-0.15, -0.1) is 0 Å². The molecule has 1 aromatic carbocycles. The van der Waals surface area contributed by atoms with Crippen LogP contribution in [0.3, 0.4) is 0 Å². The van der Waals surface area contributed by atoms with E-state index in [0.717, 1.165) is 37.5 Å². The minimum atomic E-state index is -0.0244. The van der Waals surface area contributed by atoms with Gasteiger partial charge in [0.05, 0.1) is 6.54 Å². The van der Waals surface area contributed by atoms with Gasteiger partial charge in [0.15, 0.2) is 5.96 Å². The summed E-state index contributed by atoms with van der Waals surface area (Å²) in [7, 11) is 0. The van der Waals surface area contributed by atoms with E-state index >= 15 is 0 Å². The molecule has 0 unspecified atom stereocenters. The number of carbonyl (C=O) groups excluding carboxylic acids is 1. The summed E-state index contributed by atoms with van der Waals surface area (Å²) >= 11 is 0. The lowest BCUT2D eigenvalue weighted by atomic mass is 10.1. The van der Waals surface area contributed by atoms with Crippen LogP contribution in [0.15, 0.2) is 29.3 Å². The quantitative estimate of drug-likeness (QED) is 0.510. The van der Waals surface area contributed by atoms with E-state index < -0.39 is 0 Å². The van der Waals surface area contributed by atoms with E-state index in [0.29, 0.717) is 18.7 Å². The molecule has 0 saturated heterocycles. The lowest BCUT2D eigenvalue weighted by molar-refractivity contribution is 0.0953. The van der Waals surface area contributed by atoms with Gasteiger partial charge in [-0.1, -0.05) is 26.0 Å². The van der Waals surface area contributed by atoms with E-state index in [-0.39, 0.29) is 5.91 Å². The first-order valence-corrected chi connectivity index (χ1v) is 8.10. The highest BCUT2D eigenvalue weighted by atomic mass is 16.1. The topological polar surface area (TPSA) is 65.5 Å². The van der Waals surface area contributed by atoms with Gasteiger partial charge in [0.1, 0.15) is 0 Å². The van der Waals surface area contributed by atoms with Crippen molar-refractivity contribution in [2.75, 3.05) is 19.6 Å². The van der Waals surface area contributed by atoms with Gasteiger partial charge >= 0.3 is 0 Å². The van der Waals surface area contributed by atoms with Crippen molar-refractivity contribution in [2.24, 2.45) is 4.99 Å². The Balaban J connectivity index is 2.69. The standard InChI is InChI=1S/C17H28N4O/c1-4-10-19-16(22)15-9-7-8-14(12-15)13-21-17(18-6-3)20-11-5-2/h7-9,12H,4-6,10-11,13H2,1-3H3,(H,19,22)(H2,18,20,21). The number of guanidine groups is 1. The molecule has 5 nitrogen and oxygen atoms in total. The number of nitrogens with one attached hydrogen (secondary N) is 3. The fourth-order valence-corrected chi connectivity index (χ4v) is 1.91. The Morgan fingerprint density at radius 2 is 1.77 bits per heavy atom. The summed E-state index contributed by atoms with van der Waals surface area (Å²) in [6, 6.07) is 7.62. The summed E-state index contributed by atoms with van der Waals surface area (Å²) in [6.45, 7) is 9.18. The largest absolute Gasteiger partial charge is 0.357 e. The number of nitrogens with zero attached hydrogens (tertiary/aromatic N) is 1. The Bertz CT molecular complexity index is 485. The van der Waals surface area contributed by atoms with Crippen molar-refractivity contribution in [1.82, 2.24) is 16.0 Å². The molecule has 0 aliphatic heterocycles. The van der Waals surface area contributed by atoms with Crippen molar-refractivity contribution in [2.45, 2.75) is 40.2 Å². The molecule has 3 N–H and O–H groups in total. The van der Waals surface area contributed by atoms with Gasteiger partial charge in [0, 0.05) is 25.2 Å². The summed E-state index contributed by atoms with van der Waals surface area (Å²) in [5, 5.41) is 9.37. The van der Waals surface area contributed by atoms with Crippen molar-refractivity contribution in [1.29, 1.82) is 0 Å². The number of hydrogen-bond donors (Lipinski definition) is 3. The van der Waals surface area contributed by atoms with Crippen LogP contribution in [0.2, 0.25) is 0 Å². The molecule has 1 aromatic rings. The average Bonchev–Trinajstić information content (AvgIpc) is 2.55. The van der Waals surface area contributed by atoms with Crippen LogP contribution in [0.1, 0.15) is 49.5 Å². The second-order valence-corrected chi connectivity index (χ2v) is 5.08. The lowest BCUT2D eigenvalue weighted by Gasteiger charge is -2.10. The van der Waals surface area contributed by atoms with Crippen molar-refractivity contribution in [3.63, 3.8) is 0 Å². The van der Waals surface area contributed by atoms with E-state index in [1.54, 1.807) is 0 Å². The Morgan fingerprint density at radius 3 is 2.45 bits per heavy atom. The van der Waals surface area contributed by atoms with Gasteiger partial charge in [-0.2, -0.15) is 0 Å². The minimum Gasteiger partial charge on any atom is -0.357 e. The van der Waals surface area contributed by atoms with Gasteiger partial charge in [-0.3, -0.25) is 4.79 Å². The normalized spacial score (nSPS) is 11.1. The smallest absolute Gasteiger partial charge is 0.251 e. The van der Waals surface area contributed by atoms with E-state index in [4.69, 9.17) is 0 Å². The first kappa shape index (κ1) is 18.0. The molecule has 0 saturated carbocycles. The van der Waals surface area contributed by atoms with Crippen molar-refractivity contribution < 1.29 is 4.79 Å². The molecule has 0 aromatic heterocycles. The SMILES string of the molecule is CCCNC(=O)c1cccc(CN=C(NCC)NCCC)c1. The fraction of sp³-hybridized carbons (Fsp3) is 0.529. The maximum atomic E-state index is 12.0. The Morgan fingerprint density at radius 1 is 1.05 bits per heavy atom. The van der Waals surface area contributed by atoms with Crippen molar-refractivity contribution in [3.05, 3.63) is 35.4 Å². The molecule has 5 heteroatoms. The van der Waals surface area contributed by atoms with Crippen LogP contribution < -0.4 is 16.0 Å². The van der Waals surface area contributed by atoms with Crippen LogP contribution in [0.5, 0.6) is 0 Å². The maximum absolute atomic E-state index is 12.0. The molecule has 0 fully saturated rings. The van der Waals surface area contributed by atoms with Gasteiger partial charge in [-0.25, -0.2) is 4.99 Å². The molecular formula is C17H28N4O. The van der Waals surface area contributed by atoms with Gasteiger partial charge in [0.25, 0.3) is 5.91 Å². The Kier molecular flexibility index (Phi) is 8.72. The van der Waals surface area contributed by atoms with E-state index in [1.807, 2.05) is 38.1 Å². The molecule has 0 bridgehead atoms. The monoisotopic (exact) mass is 304 g/mol. The van der Waals surface area contributed by atoms with Crippen LogP contribution in [0.4, 0.5) is 0 Å². The Labute approximate surface area is 133 Å². The Hall–Kier alpha value is -2.04. The highest BCUT2D eigenvalue weighted by Crippen LogP contribution is 2.06. The van der Waals surface area contributed by atoms with Gasteiger partial charge < -0.3 is 16.0 Å². The molecule has 1 amide bonds. The number of hydrogen-bond acceptors (Lipinski definition) is 2. The maximum Gasteiger partial charge on any atom is 0.251 e. The molecule has 1 rings (SSSR count). The van der Waals surface area contributed by atoms with Crippen LogP contribution in [-0.2, 0) is 6.54 Å². The predicted octanol–water partition coefficient (Wildman–Crippen LogP) is 2.29. The molecule has 0 atom stereocenters. The summed E-state index contributed by atoms with van der Waals surface area (Å²) in [5.74, 6) is 0.786. The van der Waals surface area contributed by atoms with Gasteiger partial charge in [-0.05, 0) is 37.5 Å². The summed E-state index contributed by atoms with van der Waals surface area (Å²) in [5.41, 5.74) is 1.71. The highest BCUT2D eigenvalue weighted by molar-refractivity contribution is 5.94. The molecule has 0 aliphatic carbocycles. The van der Waals surface area contributed by atoms with Crippen LogP contribution >= 0.6 is 0 Å². The van der Waals surface area contributed by atoms with Crippen molar-refractivity contribution >= 4 is 11.9 Å². The second kappa shape index (κ2) is 10.7. The van der Waals surface area contributed by atoms with Crippen molar-refractivity contribution in [3.8, 4) is 0 Å².